The lowest BCUT2D eigenvalue weighted by atomic mass is 9.80. The highest BCUT2D eigenvalue weighted by atomic mass is 16.4. The first-order chi connectivity index (χ1) is 8.71. The van der Waals surface area contributed by atoms with E-state index in [1.807, 2.05) is 0 Å². The largest absolute Gasteiger partial charge is 0.481 e. The number of carbonyl (C=O) groups is 2. The van der Waals surface area contributed by atoms with Crippen molar-refractivity contribution in [3.63, 3.8) is 0 Å². The second-order valence-corrected chi connectivity index (χ2v) is 5.51. The molecule has 1 amide bonds. The number of nitrogens with zero attached hydrogens (tertiary/aromatic N) is 3. The number of amides is 1. The molecular weight excluding hydrogens is 248 g/mol. The van der Waals surface area contributed by atoms with Gasteiger partial charge in [-0.3, -0.25) is 14.3 Å². The van der Waals surface area contributed by atoms with E-state index in [4.69, 9.17) is 5.11 Å². The van der Waals surface area contributed by atoms with Crippen molar-refractivity contribution in [1.82, 2.24) is 20.1 Å². The lowest BCUT2D eigenvalue weighted by molar-refractivity contribution is -0.151. The molecule has 0 spiro atoms. The van der Waals surface area contributed by atoms with Gasteiger partial charge in [-0.25, -0.2) is 4.98 Å². The van der Waals surface area contributed by atoms with E-state index in [9.17, 15) is 9.59 Å². The van der Waals surface area contributed by atoms with Crippen LogP contribution in [0.5, 0.6) is 0 Å². The zero-order valence-corrected chi connectivity index (χ0v) is 11.7. The van der Waals surface area contributed by atoms with Crippen molar-refractivity contribution in [3.8, 4) is 0 Å². The van der Waals surface area contributed by atoms with Crippen molar-refractivity contribution in [1.29, 1.82) is 0 Å². The second-order valence-electron chi connectivity index (χ2n) is 5.51. The number of nitrogens with one attached hydrogen (secondary N) is 1. The number of aryl methyl sites for hydroxylation is 1. The Morgan fingerprint density at radius 3 is 2.53 bits per heavy atom. The van der Waals surface area contributed by atoms with Gasteiger partial charge >= 0.3 is 5.97 Å². The average molecular weight is 268 g/mol. The van der Waals surface area contributed by atoms with Crippen molar-refractivity contribution in [2.45, 2.75) is 27.2 Å². The van der Waals surface area contributed by atoms with Gasteiger partial charge < -0.3 is 10.4 Å². The van der Waals surface area contributed by atoms with Crippen LogP contribution >= 0.6 is 0 Å². The minimum atomic E-state index is -1.11. The van der Waals surface area contributed by atoms with Crippen LogP contribution in [0.4, 0.5) is 0 Å². The highest BCUT2D eigenvalue weighted by molar-refractivity contribution is 5.97. The maximum atomic E-state index is 11.9. The van der Waals surface area contributed by atoms with E-state index in [1.165, 1.54) is 0 Å². The van der Waals surface area contributed by atoms with Crippen molar-refractivity contribution in [3.05, 3.63) is 12.2 Å². The third-order valence-corrected chi connectivity index (χ3v) is 2.67. The summed E-state index contributed by atoms with van der Waals surface area (Å²) in [6.07, 6.45) is 2.05. The highest BCUT2D eigenvalue weighted by Crippen LogP contribution is 2.26. The van der Waals surface area contributed by atoms with E-state index in [-0.39, 0.29) is 0 Å². The number of hydrogen-bond acceptors (Lipinski definition) is 4. The topological polar surface area (TPSA) is 97.1 Å². The Morgan fingerprint density at radius 1 is 1.47 bits per heavy atom. The van der Waals surface area contributed by atoms with E-state index >= 15 is 0 Å². The van der Waals surface area contributed by atoms with Gasteiger partial charge in [-0.2, -0.15) is 5.10 Å². The first-order valence-electron chi connectivity index (χ1n) is 6.07. The lowest BCUT2D eigenvalue weighted by Crippen LogP contribution is -2.43. The molecule has 0 aromatic carbocycles. The van der Waals surface area contributed by atoms with Gasteiger partial charge in [0.1, 0.15) is 12.2 Å². The normalized spacial score (nSPS) is 13.1. The Hall–Kier alpha value is -1.92. The van der Waals surface area contributed by atoms with Crippen molar-refractivity contribution in [2.75, 3.05) is 6.54 Å². The Kier molecular flexibility index (Phi) is 4.63. The highest BCUT2D eigenvalue weighted by Gasteiger charge is 2.37. The van der Waals surface area contributed by atoms with Gasteiger partial charge in [0.25, 0.3) is 0 Å². The zero-order valence-electron chi connectivity index (χ0n) is 11.7. The molecule has 0 aliphatic carbocycles. The van der Waals surface area contributed by atoms with Gasteiger partial charge in [-0.15, -0.1) is 0 Å². The smallest absolute Gasteiger partial charge is 0.316 e. The van der Waals surface area contributed by atoms with Crippen molar-refractivity contribution >= 4 is 11.9 Å². The van der Waals surface area contributed by atoms with Gasteiger partial charge in [0.2, 0.25) is 5.91 Å². The van der Waals surface area contributed by atoms with E-state index < -0.39 is 23.2 Å². The molecule has 7 nitrogen and oxygen atoms in total. The third kappa shape index (κ3) is 4.35. The van der Waals surface area contributed by atoms with E-state index in [0.717, 1.165) is 0 Å². The van der Waals surface area contributed by atoms with Gasteiger partial charge in [0.05, 0.1) is 0 Å². The molecule has 0 radical (unpaired) electrons. The van der Waals surface area contributed by atoms with Gasteiger partial charge in [0.15, 0.2) is 5.82 Å². The molecule has 106 valence electrons. The van der Waals surface area contributed by atoms with Crippen LogP contribution in [-0.2, 0) is 23.1 Å². The third-order valence-electron chi connectivity index (χ3n) is 2.67. The van der Waals surface area contributed by atoms with E-state index in [1.54, 1.807) is 38.8 Å². The monoisotopic (exact) mass is 268 g/mol. The number of hydrogen-bond donors (Lipinski definition) is 2. The minimum absolute atomic E-state index is 0.322. The molecule has 1 rings (SSSR count). The van der Waals surface area contributed by atoms with Gasteiger partial charge in [-0.05, 0) is 5.41 Å². The summed E-state index contributed by atoms with van der Waals surface area (Å²) in [5.74, 6) is -2.04. The predicted octanol–water partition coefficient (Wildman–Crippen LogP) is 0.221. The molecule has 0 aliphatic rings. The molecule has 0 bridgehead atoms. The quantitative estimate of drug-likeness (QED) is 0.745. The number of carboxylic acid groups (broad SMARTS) is 1. The molecule has 7 heteroatoms. The second kappa shape index (κ2) is 5.81. The van der Waals surface area contributed by atoms with Crippen molar-refractivity contribution in [2.24, 2.45) is 18.4 Å². The van der Waals surface area contributed by atoms with Crippen LogP contribution in [0.25, 0.3) is 0 Å². The fraction of sp³-hybridized carbons (Fsp3) is 0.667. The predicted molar refractivity (Wildman–Crippen MR) is 68.3 cm³/mol. The number of rotatable bonds is 5. The summed E-state index contributed by atoms with van der Waals surface area (Å²) in [7, 11) is 1.76. The summed E-state index contributed by atoms with van der Waals surface area (Å²) in [5.41, 5.74) is -0.626. The summed E-state index contributed by atoms with van der Waals surface area (Å²) in [4.78, 5) is 27.0. The summed E-state index contributed by atoms with van der Waals surface area (Å²) in [6.45, 7) is 5.51. The molecule has 0 saturated carbocycles. The molecule has 1 aromatic rings. The molecule has 1 heterocycles. The molecule has 0 fully saturated rings. The minimum Gasteiger partial charge on any atom is -0.481 e. The summed E-state index contributed by atoms with van der Waals surface area (Å²) in [5, 5.41) is 15.8. The molecule has 0 saturated heterocycles. The fourth-order valence-corrected chi connectivity index (χ4v) is 1.77. The van der Waals surface area contributed by atoms with Crippen LogP contribution in [0.3, 0.4) is 0 Å². The molecule has 1 atom stereocenters. The average Bonchev–Trinajstić information content (AvgIpc) is 2.61. The van der Waals surface area contributed by atoms with Gasteiger partial charge in [0, 0.05) is 20.0 Å². The SMILES string of the molecule is Cn1cnc(CCNC(=O)C(C(=O)O)C(C)(C)C)n1. The van der Waals surface area contributed by atoms with Crippen LogP contribution < -0.4 is 5.32 Å². The Balaban J connectivity index is 2.52. The molecule has 0 aliphatic heterocycles. The van der Waals surface area contributed by atoms with E-state index in [2.05, 4.69) is 15.4 Å². The number of carbonyl (C=O) groups excluding carboxylic acids is 1. The number of carboxylic acids is 1. The summed E-state index contributed by atoms with van der Waals surface area (Å²) >= 11 is 0. The molecule has 1 aromatic heterocycles. The standard InChI is InChI=1S/C12H20N4O3/c1-12(2,3)9(11(18)19)10(17)13-6-5-8-14-7-16(4)15-8/h7,9H,5-6H2,1-4H3,(H,13,17)(H,18,19). The maximum Gasteiger partial charge on any atom is 0.316 e. The summed E-state index contributed by atoms with van der Waals surface area (Å²) in [6, 6.07) is 0. The van der Waals surface area contributed by atoms with Crippen molar-refractivity contribution < 1.29 is 14.7 Å². The Bertz CT molecular complexity index is 462. The zero-order chi connectivity index (χ0) is 14.6. The van der Waals surface area contributed by atoms with Crippen LogP contribution in [0, 0.1) is 11.3 Å². The first-order valence-corrected chi connectivity index (χ1v) is 6.07. The van der Waals surface area contributed by atoms with Gasteiger partial charge in [-0.1, -0.05) is 20.8 Å². The Labute approximate surface area is 112 Å². The fourth-order valence-electron chi connectivity index (χ4n) is 1.77. The first kappa shape index (κ1) is 15.1. The van der Waals surface area contributed by atoms with Crippen LogP contribution in [-0.4, -0.2) is 38.3 Å². The number of aromatic nitrogens is 3. The van der Waals surface area contributed by atoms with Crippen LogP contribution in [0.15, 0.2) is 6.33 Å². The number of aliphatic carboxylic acids is 1. The van der Waals surface area contributed by atoms with E-state index in [0.29, 0.717) is 18.8 Å². The maximum absolute atomic E-state index is 11.9. The molecule has 19 heavy (non-hydrogen) atoms. The van der Waals surface area contributed by atoms with Crippen LogP contribution in [0.1, 0.15) is 26.6 Å². The van der Waals surface area contributed by atoms with Crippen LogP contribution in [0.2, 0.25) is 0 Å². The lowest BCUT2D eigenvalue weighted by Gasteiger charge is -2.25. The molecule has 2 N–H and O–H groups in total. The molecular formula is C12H20N4O3. The molecule has 1 unspecified atom stereocenters. The summed E-state index contributed by atoms with van der Waals surface area (Å²) < 4.78 is 1.58. The Morgan fingerprint density at radius 2 is 2.11 bits per heavy atom.